The normalized spacial score (nSPS) is 15.8. The van der Waals surface area contributed by atoms with E-state index in [0.717, 1.165) is 24.0 Å². The Balaban J connectivity index is 2.05. The molecule has 0 amide bonds. The summed E-state index contributed by atoms with van der Waals surface area (Å²) in [6, 6.07) is 7.87. The van der Waals surface area contributed by atoms with Gasteiger partial charge in [-0.05, 0) is 58.4 Å². The minimum Gasteiger partial charge on any atom is -0.224 e. The van der Waals surface area contributed by atoms with Crippen LogP contribution in [0.15, 0.2) is 50.0 Å². The number of hydrogen-bond donors (Lipinski definition) is 0. The lowest BCUT2D eigenvalue weighted by molar-refractivity contribution is 0.401. The molecule has 0 radical (unpaired) electrons. The molecule has 3 rings (SSSR count). The second-order valence-electron chi connectivity index (χ2n) is 5.73. The van der Waals surface area contributed by atoms with E-state index in [1.807, 2.05) is 17.5 Å². The largest absolute Gasteiger partial charge is 0.244 e. The zero-order valence-corrected chi connectivity index (χ0v) is 16.9. The van der Waals surface area contributed by atoms with E-state index in [1.165, 1.54) is 33.8 Å². The first kappa shape index (κ1) is 18.1. The average molecular weight is 450 g/mol. The molecule has 1 saturated carbocycles. The van der Waals surface area contributed by atoms with Crippen molar-refractivity contribution in [2.24, 2.45) is 0 Å². The highest BCUT2D eigenvalue weighted by molar-refractivity contribution is 9.10. The third-order valence-electron chi connectivity index (χ3n) is 3.76. The molecule has 0 atom stereocenters. The fourth-order valence-corrected chi connectivity index (χ4v) is 6.49. The number of sulfone groups is 1. The summed E-state index contributed by atoms with van der Waals surface area (Å²) in [6.45, 7) is 0.306. The van der Waals surface area contributed by atoms with Gasteiger partial charge in [0.2, 0.25) is 10.0 Å². The van der Waals surface area contributed by atoms with Crippen LogP contribution >= 0.6 is 27.3 Å². The molecular weight excluding hydrogens is 434 g/mol. The number of halogens is 1. The molecule has 1 aromatic heterocycles. The molecular formula is C15H16BrNO4S3. The summed E-state index contributed by atoms with van der Waals surface area (Å²) in [5, 5.41) is 1.91. The molecule has 2 aromatic rings. The average Bonchev–Trinajstić information content (AvgIpc) is 3.19. The van der Waals surface area contributed by atoms with Gasteiger partial charge in [0.25, 0.3) is 0 Å². The first-order chi connectivity index (χ1) is 11.2. The van der Waals surface area contributed by atoms with Crippen molar-refractivity contribution in [3.63, 3.8) is 0 Å². The van der Waals surface area contributed by atoms with Crippen molar-refractivity contribution in [1.82, 2.24) is 4.31 Å². The van der Waals surface area contributed by atoms with Crippen molar-refractivity contribution in [2.75, 3.05) is 6.26 Å². The molecule has 1 fully saturated rings. The minimum atomic E-state index is -3.80. The molecule has 0 unspecified atom stereocenters. The van der Waals surface area contributed by atoms with Crippen LogP contribution in [0.25, 0.3) is 0 Å². The molecule has 24 heavy (non-hydrogen) atoms. The first-order valence-corrected chi connectivity index (χ1v) is 12.2. The Morgan fingerprint density at radius 3 is 2.46 bits per heavy atom. The van der Waals surface area contributed by atoms with Crippen molar-refractivity contribution >= 4 is 47.1 Å². The summed E-state index contributed by atoms with van der Waals surface area (Å²) in [6.07, 6.45) is 2.72. The van der Waals surface area contributed by atoms with E-state index in [0.29, 0.717) is 11.0 Å². The minimum absolute atomic E-state index is 0.00357. The summed E-state index contributed by atoms with van der Waals surface area (Å²) < 4.78 is 51.7. The first-order valence-electron chi connectivity index (χ1n) is 7.23. The van der Waals surface area contributed by atoms with Gasteiger partial charge in [0.1, 0.15) is 0 Å². The van der Waals surface area contributed by atoms with Crippen LogP contribution in [0.4, 0.5) is 0 Å². The van der Waals surface area contributed by atoms with Crippen LogP contribution in [0.2, 0.25) is 0 Å². The Labute approximate surface area is 154 Å². The van der Waals surface area contributed by atoms with Gasteiger partial charge in [0.15, 0.2) is 9.84 Å². The number of nitrogens with zero attached hydrogens (tertiary/aromatic N) is 1. The number of thiophene rings is 1. The van der Waals surface area contributed by atoms with Crippen molar-refractivity contribution < 1.29 is 16.8 Å². The van der Waals surface area contributed by atoms with E-state index in [1.54, 1.807) is 0 Å². The van der Waals surface area contributed by atoms with Crippen molar-refractivity contribution in [2.45, 2.75) is 35.2 Å². The van der Waals surface area contributed by atoms with Gasteiger partial charge in [0.05, 0.1) is 9.79 Å². The smallest absolute Gasteiger partial charge is 0.224 e. The fourth-order valence-electron chi connectivity index (χ4n) is 2.37. The Morgan fingerprint density at radius 2 is 1.92 bits per heavy atom. The zero-order chi connectivity index (χ0) is 17.5. The Hall–Kier alpha value is -0.740. The topological polar surface area (TPSA) is 71.5 Å². The lowest BCUT2D eigenvalue weighted by Crippen LogP contribution is -2.32. The van der Waals surface area contributed by atoms with Crippen molar-refractivity contribution in [3.05, 3.63) is 45.1 Å². The predicted octanol–water partition coefficient (Wildman–Crippen LogP) is 3.27. The Kier molecular flexibility index (Phi) is 4.91. The quantitative estimate of drug-likeness (QED) is 0.678. The molecule has 130 valence electrons. The maximum atomic E-state index is 13.1. The number of rotatable bonds is 6. The highest BCUT2D eigenvalue weighted by Crippen LogP contribution is 2.36. The monoisotopic (exact) mass is 449 g/mol. The van der Waals surface area contributed by atoms with Crippen LogP contribution in [0, 0.1) is 0 Å². The molecule has 9 heteroatoms. The predicted molar refractivity (Wildman–Crippen MR) is 97.3 cm³/mol. The van der Waals surface area contributed by atoms with Gasteiger partial charge in [-0.1, -0.05) is 6.07 Å². The van der Waals surface area contributed by atoms with Crippen LogP contribution < -0.4 is 0 Å². The zero-order valence-electron chi connectivity index (χ0n) is 12.8. The molecule has 1 aliphatic rings. The van der Waals surface area contributed by atoms with Gasteiger partial charge in [0, 0.05) is 28.2 Å². The van der Waals surface area contributed by atoms with Gasteiger partial charge in [-0.25, -0.2) is 16.8 Å². The van der Waals surface area contributed by atoms with E-state index in [4.69, 9.17) is 0 Å². The van der Waals surface area contributed by atoms with Crippen LogP contribution in [0.3, 0.4) is 0 Å². The van der Waals surface area contributed by atoms with Crippen molar-refractivity contribution in [1.29, 1.82) is 0 Å². The molecule has 5 nitrogen and oxygen atoms in total. The van der Waals surface area contributed by atoms with Gasteiger partial charge in [-0.2, -0.15) is 4.31 Å². The summed E-state index contributed by atoms with van der Waals surface area (Å²) in [4.78, 5) is 0.950. The molecule has 1 heterocycles. The highest BCUT2D eigenvalue weighted by Gasteiger charge is 2.39. The van der Waals surface area contributed by atoms with E-state index in [2.05, 4.69) is 15.9 Å². The number of hydrogen-bond acceptors (Lipinski definition) is 5. The lowest BCUT2D eigenvalue weighted by atomic mass is 10.4. The summed E-state index contributed by atoms with van der Waals surface area (Å²) >= 11 is 4.76. The van der Waals surface area contributed by atoms with Crippen LogP contribution in [-0.2, 0) is 26.4 Å². The van der Waals surface area contributed by atoms with Gasteiger partial charge >= 0.3 is 0 Å². The fraction of sp³-hybridized carbons (Fsp3) is 0.333. The SMILES string of the molecule is CS(=O)(=O)c1ccc(Br)c(S(=O)(=O)N(Cc2cccs2)C2CC2)c1. The van der Waals surface area contributed by atoms with E-state index in [9.17, 15) is 16.8 Å². The molecule has 0 bridgehead atoms. The number of sulfonamides is 1. The molecule has 0 spiro atoms. The standard InChI is InChI=1S/C15H16BrNO4S3/c1-23(18,19)13-6-7-14(16)15(9-13)24(20,21)17(11-4-5-11)10-12-3-2-8-22-12/h2-3,6-9,11H,4-5,10H2,1H3. The maximum absolute atomic E-state index is 13.1. The van der Waals surface area contributed by atoms with Gasteiger partial charge < -0.3 is 0 Å². The lowest BCUT2D eigenvalue weighted by Gasteiger charge is -2.22. The van der Waals surface area contributed by atoms with Gasteiger partial charge in [-0.3, -0.25) is 0 Å². The molecule has 1 aliphatic carbocycles. The van der Waals surface area contributed by atoms with Crippen molar-refractivity contribution in [3.8, 4) is 0 Å². The molecule has 0 N–H and O–H groups in total. The van der Waals surface area contributed by atoms with E-state index < -0.39 is 19.9 Å². The van der Waals surface area contributed by atoms with Crippen LogP contribution in [-0.4, -0.2) is 33.4 Å². The van der Waals surface area contributed by atoms with E-state index in [-0.39, 0.29) is 15.8 Å². The summed E-state index contributed by atoms with van der Waals surface area (Å²) in [5.74, 6) is 0. The van der Waals surface area contributed by atoms with E-state index >= 15 is 0 Å². The Morgan fingerprint density at radius 1 is 1.21 bits per heavy atom. The second kappa shape index (κ2) is 6.53. The molecule has 1 aromatic carbocycles. The third-order valence-corrected chi connectivity index (χ3v) is 8.63. The number of benzene rings is 1. The maximum Gasteiger partial charge on any atom is 0.244 e. The van der Waals surface area contributed by atoms with Crippen LogP contribution in [0.5, 0.6) is 0 Å². The molecule has 0 aliphatic heterocycles. The molecule has 0 saturated heterocycles. The highest BCUT2D eigenvalue weighted by atomic mass is 79.9. The van der Waals surface area contributed by atoms with Gasteiger partial charge in [-0.15, -0.1) is 11.3 Å². The summed E-state index contributed by atoms with van der Waals surface area (Å²) in [5.41, 5.74) is 0. The Bertz CT molecular complexity index is 949. The second-order valence-corrected chi connectivity index (χ2v) is 11.5. The third kappa shape index (κ3) is 3.75. The summed E-state index contributed by atoms with van der Waals surface area (Å²) in [7, 11) is -7.28. The van der Waals surface area contributed by atoms with Crippen LogP contribution in [0.1, 0.15) is 17.7 Å².